The van der Waals surface area contributed by atoms with E-state index in [1.54, 1.807) is 24.3 Å². The first-order chi connectivity index (χ1) is 16.6. The van der Waals surface area contributed by atoms with Gasteiger partial charge in [-0.2, -0.15) is 0 Å². The molecular weight excluding hydrogens is 450 g/mol. The molecule has 1 aliphatic heterocycles. The summed E-state index contributed by atoms with van der Waals surface area (Å²) in [6, 6.07) is 24.1. The zero-order valence-electron chi connectivity index (χ0n) is 18.5. The molecule has 0 spiro atoms. The van der Waals surface area contributed by atoms with Crippen molar-refractivity contribution in [1.82, 2.24) is 4.90 Å². The van der Waals surface area contributed by atoms with E-state index in [1.807, 2.05) is 54.6 Å². The number of hydrogen-bond acceptors (Lipinski definition) is 5. The normalized spacial score (nSPS) is 14.3. The lowest BCUT2D eigenvalue weighted by atomic mass is 10.0. The van der Waals surface area contributed by atoms with Crippen molar-refractivity contribution < 1.29 is 9.21 Å². The fourth-order valence-corrected chi connectivity index (χ4v) is 4.49. The first kappa shape index (κ1) is 22.2. The summed E-state index contributed by atoms with van der Waals surface area (Å²) in [6.07, 6.45) is 0. The maximum atomic E-state index is 13.3. The highest BCUT2D eigenvalue weighted by atomic mass is 35.5. The molecule has 0 bridgehead atoms. The summed E-state index contributed by atoms with van der Waals surface area (Å²) in [5.41, 5.74) is 2.42. The summed E-state index contributed by atoms with van der Waals surface area (Å²) >= 11 is 6.12. The number of carbonyl (C=O) groups is 1. The van der Waals surface area contributed by atoms with E-state index < -0.39 is 0 Å². The van der Waals surface area contributed by atoms with Crippen LogP contribution in [0.5, 0.6) is 0 Å². The first-order valence-electron chi connectivity index (χ1n) is 11.2. The lowest BCUT2D eigenvalue weighted by molar-refractivity contribution is -0.117. The Hall–Kier alpha value is -3.61. The summed E-state index contributed by atoms with van der Waals surface area (Å²) < 4.78 is 6.00. The molecule has 1 fully saturated rings. The number of rotatable bonds is 5. The van der Waals surface area contributed by atoms with Crippen molar-refractivity contribution in [2.75, 3.05) is 42.9 Å². The van der Waals surface area contributed by atoms with Crippen LogP contribution in [0, 0.1) is 0 Å². The predicted octanol–water partition coefficient (Wildman–Crippen LogP) is 4.87. The minimum absolute atomic E-state index is 0.168. The van der Waals surface area contributed by atoms with Crippen molar-refractivity contribution in [3.8, 4) is 11.1 Å². The fourth-order valence-electron chi connectivity index (χ4n) is 4.30. The lowest BCUT2D eigenvalue weighted by Crippen LogP contribution is -2.48. The molecular formula is C27H24ClN3O3. The third-order valence-electron chi connectivity index (χ3n) is 6.03. The largest absolute Gasteiger partial charge is 0.439 e. The molecule has 172 valence electrons. The van der Waals surface area contributed by atoms with E-state index in [9.17, 15) is 9.59 Å². The van der Waals surface area contributed by atoms with Gasteiger partial charge in [0.05, 0.1) is 17.5 Å². The molecule has 5 rings (SSSR count). The number of para-hydroxylation sites is 1. The fraction of sp³-hybridized carbons (Fsp3) is 0.185. The van der Waals surface area contributed by atoms with Gasteiger partial charge in [0.1, 0.15) is 5.58 Å². The molecule has 0 atom stereocenters. The Morgan fingerprint density at radius 3 is 2.41 bits per heavy atom. The van der Waals surface area contributed by atoms with Gasteiger partial charge in [0, 0.05) is 36.9 Å². The second kappa shape index (κ2) is 9.71. The molecule has 3 aromatic carbocycles. The van der Waals surface area contributed by atoms with E-state index in [4.69, 9.17) is 16.0 Å². The topological polar surface area (TPSA) is 65.8 Å². The monoisotopic (exact) mass is 473 g/mol. The zero-order chi connectivity index (χ0) is 23.5. The average Bonchev–Trinajstić information content (AvgIpc) is 2.85. The average molecular weight is 474 g/mol. The highest BCUT2D eigenvalue weighted by Crippen LogP contribution is 2.28. The third-order valence-corrected chi connectivity index (χ3v) is 6.26. The summed E-state index contributed by atoms with van der Waals surface area (Å²) in [4.78, 5) is 30.6. The van der Waals surface area contributed by atoms with Gasteiger partial charge in [0.2, 0.25) is 17.2 Å². The van der Waals surface area contributed by atoms with Gasteiger partial charge in [0.15, 0.2) is 0 Å². The Labute approximate surface area is 202 Å². The summed E-state index contributed by atoms with van der Waals surface area (Å²) in [5, 5.41) is 4.06. The van der Waals surface area contributed by atoms with Crippen LogP contribution in [0.2, 0.25) is 5.02 Å². The molecule has 1 saturated heterocycles. The number of nitrogens with zero attached hydrogens (tertiary/aromatic N) is 2. The minimum atomic E-state index is -0.216. The quantitative estimate of drug-likeness (QED) is 0.447. The Balaban J connectivity index is 1.33. The van der Waals surface area contributed by atoms with Gasteiger partial charge in [-0.3, -0.25) is 19.8 Å². The van der Waals surface area contributed by atoms with E-state index in [-0.39, 0.29) is 23.8 Å². The number of amides is 1. The number of carbonyl (C=O) groups excluding carboxylic acids is 1. The SMILES string of the molecule is O=C(CN1CCN(c2cccc(Cl)c2)CC1)Nc1oc2ccccc2c(=O)c1-c1ccccc1. The Kier molecular flexibility index (Phi) is 6.34. The molecule has 0 radical (unpaired) electrons. The van der Waals surface area contributed by atoms with Crippen molar-refractivity contribution in [2.45, 2.75) is 0 Å². The zero-order valence-corrected chi connectivity index (χ0v) is 19.3. The van der Waals surface area contributed by atoms with Crippen LogP contribution in [0.3, 0.4) is 0 Å². The highest BCUT2D eigenvalue weighted by Gasteiger charge is 2.22. The van der Waals surface area contributed by atoms with Crippen LogP contribution >= 0.6 is 11.6 Å². The van der Waals surface area contributed by atoms with Crippen LogP contribution in [0.1, 0.15) is 0 Å². The van der Waals surface area contributed by atoms with Crippen LogP contribution < -0.4 is 15.6 Å². The van der Waals surface area contributed by atoms with Crippen LogP contribution in [-0.2, 0) is 4.79 Å². The van der Waals surface area contributed by atoms with E-state index in [1.165, 1.54) is 0 Å². The predicted molar refractivity (Wildman–Crippen MR) is 137 cm³/mol. The van der Waals surface area contributed by atoms with Crippen molar-refractivity contribution in [3.63, 3.8) is 0 Å². The molecule has 0 unspecified atom stereocenters. The maximum absolute atomic E-state index is 13.3. The van der Waals surface area contributed by atoms with Gasteiger partial charge >= 0.3 is 0 Å². The van der Waals surface area contributed by atoms with Gasteiger partial charge in [0.25, 0.3) is 0 Å². The Bertz CT molecular complexity index is 1380. The van der Waals surface area contributed by atoms with Gasteiger partial charge < -0.3 is 9.32 Å². The first-order valence-corrected chi connectivity index (χ1v) is 11.6. The van der Waals surface area contributed by atoms with E-state index >= 15 is 0 Å². The molecule has 4 aromatic rings. The van der Waals surface area contributed by atoms with Crippen LogP contribution in [0.4, 0.5) is 11.6 Å². The highest BCUT2D eigenvalue weighted by molar-refractivity contribution is 6.30. The van der Waals surface area contributed by atoms with Crippen molar-refractivity contribution >= 4 is 40.0 Å². The lowest BCUT2D eigenvalue weighted by Gasteiger charge is -2.35. The van der Waals surface area contributed by atoms with E-state index in [0.29, 0.717) is 27.1 Å². The van der Waals surface area contributed by atoms with Gasteiger partial charge in [-0.15, -0.1) is 0 Å². The van der Waals surface area contributed by atoms with E-state index in [2.05, 4.69) is 15.1 Å². The van der Waals surface area contributed by atoms with Gasteiger partial charge in [-0.05, 0) is 35.9 Å². The minimum Gasteiger partial charge on any atom is -0.439 e. The Morgan fingerprint density at radius 2 is 1.65 bits per heavy atom. The number of fused-ring (bicyclic) bond motifs is 1. The van der Waals surface area contributed by atoms with Crippen LogP contribution in [0.15, 0.2) is 88.1 Å². The second-order valence-corrected chi connectivity index (χ2v) is 8.73. The molecule has 2 heterocycles. The maximum Gasteiger partial charge on any atom is 0.240 e. The molecule has 1 N–H and O–H groups in total. The third kappa shape index (κ3) is 4.69. The second-order valence-electron chi connectivity index (χ2n) is 8.29. The standard InChI is InChI=1S/C27H24ClN3O3/c28-20-9-6-10-21(17-20)31-15-13-30(14-16-31)18-24(32)29-27-25(19-7-2-1-3-8-19)26(33)22-11-4-5-12-23(22)34-27/h1-12,17H,13-16,18H2,(H,29,32). The van der Waals surface area contributed by atoms with E-state index in [0.717, 1.165) is 31.9 Å². The van der Waals surface area contributed by atoms with Crippen molar-refractivity contribution in [3.05, 3.63) is 94.1 Å². The summed E-state index contributed by atoms with van der Waals surface area (Å²) in [7, 11) is 0. The molecule has 1 aliphatic rings. The van der Waals surface area contributed by atoms with Gasteiger partial charge in [-0.1, -0.05) is 60.1 Å². The molecule has 1 amide bonds. The number of anilines is 2. The van der Waals surface area contributed by atoms with Crippen molar-refractivity contribution in [2.24, 2.45) is 0 Å². The van der Waals surface area contributed by atoms with Gasteiger partial charge in [-0.25, -0.2) is 0 Å². The smallest absolute Gasteiger partial charge is 0.240 e. The number of hydrogen-bond donors (Lipinski definition) is 1. The molecule has 1 aromatic heterocycles. The number of halogens is 1. The molecule has 0 saturated carbocycles. The Morgan fingerprint density at radius 1 is 0.912 bits per heavy atom. The number of nitrogens with one attached hydrogen (secondary N) is 1. The number of benzene rings is 3. The molecule has 0 aliphatic carbocycles. The summed E-state index contributed by atoms with van der Waals surface area (Å²) in [6.45, 7) is 3.30. The van der Waals surface area contributed by atoms with Crippen LogP contribution in [-0.4, -0.2) is 43.5 Å². The van der Waals surface area contributed by atoms with Crippen LogP contribution in [0.25, 0.3) is 22.1 Å². The van der Waals surface area contributed by atoms with Crippen molar-refractivity contribution in [1.29, 1.82) is 0 Å². The molecule has 7 heteroatoms. The molecule has 6 nitrogen and oxygen atoms in total. The summed E-state index contributed by atoms with van der Waals surface area (Å²) in [5.74, 6) is -0.0377. The number of piperazine rings is 1. The molecule has 34 heavy (non-hydrogen) atoms.